The maximum Gasteiger partial charge on any atom is 0.131 e. The Morgan fingerprint density at radius 1 is 0.731 bits per heavy atom. The maximum absolute atomic E-state index is 14.6. The van der Waals surface area contributed by atoms with Crippen molar-refractivity contribution in [1.82, 2.24) is 0 Å². The summed E-state index contributed by atoms with van der Waals surface area (Å²) in [7, 11) is 0. The highest BCUT2D eigenvalue weighted by molar-refractivity contribution is 6.30. The number of rotatable bonds is 6. The molecule has 0 saturated carbocycles. The lowest BCUT2D eigenvalue weighted by Crippen LogP contribution is -1.92. The van der Waals surface area contributed by atoms with Gasteiger partial charge >= 0.3 is 0 Å². The van der Waals surface area contributed by atoms with Crippen molar-refractivity contribution in [3.8, 4) is 22.3 Å². The highest BCUT2D eigenvalue weighted by Crippen LogP contribution is 2.30. The van der Waals surface area contributed by atoms with Crippen molar-refractivity contribution >= 4 is 11.6 Å². The molecule has 0 unspecified atom stereocenters. The van der Waals surface area contributed by atoms with Gasteiger partial charge in [-0.1, -0.05) is 67.8 Å². The van der Waals surface area contributed by atoms with E-state index in [0.717, 1.165) is 36.8 Å². The highest BCUT2D eigenvalue weighted by atomic mass is 35.5. The summed E-state index contributed by atoms with van der Waals surface area (Å²) < 4.78 is 29.1. The molecule has 0 aliphatic carbocycles. The summed E-state index contributed by atoms with van der Waals surface area (Å²) in [4.78, 5) is 0. The zero-order chi connectivity index (χ0) is 18.5. The van der Waals surface area contributed by atoms with Gasteiger partial charge in [0.1, 0.15) is 11.6 Å². The number of unbranched alkanes of at least 4 members (excludes halogenated alkanes) is 2. The number of aryl methyl sites for hydroxylation is 1. The Kier molecular flexibility index (Phi) is 6.05. The summed E-state index contributed by atoms with van der Waals surface area (Å²) in [6.45, 7) is 2.14. The van der Waals surface area contributed by atoms with Crippen molar-refractivity contribution in [2.45, 2.75) is 32.6 Å². The molecule has 0 spiro atoms. The summed E-state index contributed by atoms with van der Waals surface area (Å²) in [5.41, 5.74) is 3.16. The Hall–Kier alpha value is -2.19. The van der Waals surface area contributed by atoms with Crippen LogP contribution in [0.2, 0.25) is 5.02 Å². The van der Waals surface area contributed by atoms with Crippen LogP contribution in [0.3, 0.4) is 0 Å². The van der Waals surface area contributed by atoms with E-state index in [4.69, 9.17) is 11.6 Å². The Morgan fingerprint density at radius 2 is 1.35 bits per heavy atom. The van der Waals surface area contributed by atoms with E-state index in [2.05, 4.69) is 6.92 Å². The third-order valence-corrected chi connectivity index (χ3v) is 4.79. The smallest absolute Gasteiger partial charge is 0.131 e. The standard InChI is InChI=1S/C23H21ClF2/c1-2-3-4-5-16-6-12-21(22(25)14-16)18-9-13-20(23(26)15-18)17-7-10-19(24)11-8-17/h6-15H,2-5H2,1H3. The zero-order valence-electron chi connectivity index (χ0n) is 14.7. The molecule has 26 heavy (non-hydrogen) atoms. The fourth-order valence-corrected chi connectivity index (χ4v) is 3.20. The van der Waals surface area contributed by atoms with E-state index in [1.807, 2.05) is 6.07 Å². The molecule has 0 nitrogen and oxygen atoms in total. The first-order valence-electron chi connectivity index (χ1n) is 8.93. The van der Waals surface area contributed by atoms with Crippen molar-refractivity contribution in [2.24, 2.45) is 0 Å². The third-order valence-electron chi connectivity index (χ3n) is 4.54. The van der Waals surface area contributed by atoms with Crippen molar-refractivity contribution in [3.63, 3.8) is 0 Å². The number of benzene rings is 3. The van der Waals surface area contributed by atoms with Crippen LogP contribution in [0.25, 0.3) is 22.3 Å². The molecule has 0 fully saturated rings. The van der Waals surface area contributed by atoms with Crippen LogP contribution < -0.4 is 0 Å². The predicted molar refractivity (Wildman–Crippen MR) is 105 cm³/mol. The Morgan fingerprint density at radius 3 is 2.00 bits per heavy atom. The molecule has 0 N–H and O–H groups in total. The van der Waals surface area contributed by atoms with Gasteiger partial charge in [-0.25, -0.2) is 8.78 Å². The second kappa shape index (κ2) is 8.46. The van der Waals surface area contributed by atoms with Crippen molar-refractivity contribution in [3.05, 3.63) is 82.9 Å². The first-order chi connectivity index (χ1) is 12.6. The third kappa shape index (κ3) is 4.31. The largest absolute Gasteiger partial charge is 0.206 e. The van der Waals surface area contributed by atoms with E-state index in [0.29, 0.717) is 21.7 Å². The van der Waals surface area contributed by atoms with Crippen LogP contribution in [0.4, 0.5) is 8.78 Å². The van der Waals surface area contributed by atoms with Gasteiger partial charge in [0.05, 0.1) is 0 Å². The molecule has 3 heteroatoms. The van der Waals surface area contributed by atoms with E-state index < -0.39 is 0 Å². The lowest BCUT2D eigenvalue weighted by Gasteiger charge is -2.09. The van der Waals surface area contributed by atoms with Crippen LogP contribution in [-0.4, -0.2) is 0 Å². The molecule has 3 aromatic rings. The summed E-state index contributed by atoms with van der Waals surface area (Å²) in [5.74, 6) is -0.686. The number of hydrogen-bond donors (Lipinski definition) is 0. The molecule has 0 aromatic heterocycles. The van der Waals surface area contributed by atoms with Crippen molar-refractivity contribution in [2.75, 3.05) is 0 Å². The molecule has 0 aliphatic rings. The van der Waals surface area contributed by atoms with Crippen molar-refractivity contribution < 1.29 is 8.78 Å². The molecule has 0 saturated heterocycles. The van der Waals surface area contributed by atoms with Crippen LogP contribution >= 0.6 is 11.6 Å². The minimum atomic E-state index is -0.378. The second-order valence-corrected chi connectivity index (χ2v) is 6.91. The minimum absolute atomic E-state index is 0.308. The molecule has 3 rings (SSSR count). The summed E-state index contributed by atoms with van der Waals surface area (Å²) in [6, 6.07) is 17.0. The van der Waals surface area contributed by atoms with E-state index in [9.17, 15) is 8.78 Å². The Labute approximate surface area is 158 Å². The molecule has 0 radical (unpaired) electrons. The topological polar surface area (TPSA) is 0 Å². The maximum atomic E-state index is 14.6. The zero-order valence-corrected chi connectivity index (χ0v) is 15.5. The predicted octanol–water partition coefficient (Wildman–Crippen LogP) is 7.68. The highest BCUT2D eigenvalue weighted by Gasteiger charge is 2.11. The van der Waals surface area contributed by atoms with Crippen LogP contribution in [0, 0.1) is 11.6 Å². The Balaban J connectivity index is 1.86. The van der Waals surface area contributed by atoms with Gasteiger partial charge in [-0.15, -0.1) is 0 Å². The van der Waals surface area contributed by atoms with Crippen LogP contribution in [0.15, 0.2) is 60.7 Å². The number of halogens is 3. The lowest BCUT2D eigenvalue weighted by molar-refractivity contribution is 0.623. The van der Waals surface area contributed by atoms with Gasteiger partial charge in [0, 0.05) is 16.1 Å². The normalized spacial score (nSPS) is 10.9. The average molecular weight is 371 g/mol. The monoisotopic (exact) mass is 370 g/mol. The second-order valence-electron chi connectivity index (χ2n) is 6.47. The molecule has 3 aromatic carbocycles. The van der Waals surface area contributed by atoms with Gasteiger partial charge in [0.25, 0.3) is 0 Å². The van der Waals surface area contributed by atoms with Gasteiger partial charge in [-0.3, -0.25) is 0 Å². The summed E-state index contributed by atoms with van der Waals surface area (Å²) >= 11 is 5.88. The SMILES string of the molecule is CCCCCc1ccc(-c2ccc(-c3ccc(Cl)cc3)c(F)c2)c(F)c1. The molecule has 0 bridgehead atoms. The molecule has 134 valence electrons. The van der Waals surface area contributed by atoms with Crippen LogP contribution in [0.5, 0.6) is 0 Å². The first-order valence-corrected chi connectivity index (χ1v) is 9.30. The summed E-state index contributed by atoms with van der Waals surface area (Å²) in [6.07, 6.45) is 4.20. The van der Waals surface area contributed by atoms with Crippen LogP contribution in [0.1, 0.15) is 31.7 Å². The minimum Gasteiger partial charge on any atom is -0.206 e. The molecular weight excluding hydrogens is 350 g/mol. The van der Waals surface area contributed by atoms with Gasteiger partial charge < -0.3 is 0 Å². The average Bonchev–Trinajstić information content (AvgIpc) is 2.63. The first kappa shape index (κ1) is 18.6. The molecule has 0 atom stereocenters. The van der Waals surface area contributed by atoms with Crippen LogP contribution in [-0.2, 0) is 6.42 Å². The van der Waals surface area contributed by atoms with Gasteiger partial charge in [0.15, 0.2) is 0 Å². The van der Waals surface area contributed by atoms with Gasteiger partial charge in [-0.05, 0) is 53.8 Å². The molecule has 0 amide bonds. The van der Waals surface area contributed by atoms with E-state index in [1.54, 1.807) is 48.5 Å². The molecule has 0 aliphatic heterocycles. The fraction of sp³-hybridized carbons (Fsp3) is 0.217. The molecular formula is C23H21ClF2. The van der Waals surface area contributed by atoms with E-state index >= 15 is 0 Å². The van der Waals surface area contributed by atoms with Crippen molar-refractivity contribution in [1.29, 1.82) is 0 Å². The number of hydrogen-bond acceptors (Lipinski definition) is 0. The lowest BCUT2D eigenvalue weighted by atomic mass is 9.97. The van der Waals surface area contributed by atoms with E-state index in [1.165, 1.54) is 6.07 Å². The quantitative estimate of drug-likeness (QED) is 0.390. The fourth-order valence-electron chi connectivity index (χ4n) is 3.07. The van der Waals surface area contributed by atoms with E-state index in [-0.39, 0.29) is 11.6 Å². The molecule has 0 heterocycles. The van der Waals surface area contributed by atoms with Gasteiger partial charge in [-0.2, -0.15) is 0 Å². The van der Waals surface area contributed by atoms with Gasteiger partial charge in [0.2, 0.25) is 0 Å². The summed E-state index contributed by atoms with van der Waals surface area (Å²) in [5, 5.41) is 0.604. The Bertz CT molecular complexity index is 885.